The Morgan fingerprint density at radius 2 is 2.12 bits per heavy atom. The summed E-state index contributed by atoms with van der Waals surface area (Å²) in [6, 6.07) is 1.54. The zero-order valence-corrected chi connectivity index (χ0v) is 13.9. The van der Waals surface area contributed by atoms with Gasteiger partial charge in [0.1, 0.15) is 12.0 Å². The van der Waals surface area contributed by atoms with Gasteiger partial charge in [-0.2, -0.15) is 0 Å². The molecule has 2 fully saturated rings. The summed E-state index contributed by atoms with van der Waals surface area (Å²) >= 11 is 0. The van der Waals surface area contributed by atoms with E-state index in [0.29, 0.717) is 6.54 Å². The van der Waals surface area contributed by atoms with Crippen molar-refractivity contribution in [2.45, 2.75) is 19.9 Å². The van der Waals surface area contributed by atoms with Gasteiger partial charge in [0.25, 0.3) is 0 Å². The summed E-state index contributed by atoms with van der Waals surface area (Å²) in [5.74, 6) is -2.39. The third-order valence-corrected chi connectivity index (χ3v) is 4.99. The highest BCUT2D eigenvalue weighted by molar-refractivity contribution is 5.94. The molecule has 0 saturated carbocycles. The van der Waals surface area contributed by atoms with Crippen LogP contribution in [0.1, 0.15) is 13.3 Å². The van der Waals surface area contributed by atoms with Gasteiger partial charge in [0.15, 0.2) is 0 Å². The van der Waals surface area contributed by atoms with E-state index in [1.807, 2.05) is 6.92 Å². The van der Waals surface area contributed by atoms with E-state index in [4.69, 9.17) is 0 Å². The van der Waals surface area contributed by atoms with Crippen LogP contribution in [0.3, 0.4) is 0 Å². The van der Waals surface area contributed by atoms with Gasteiger partial charge < -0.3 is 14.9 Å². The van der Waals surface area contributed by atoms with Crippen molar-refractivity contribution in [3.63, 3.8) is 0 Å². The van der Waals surface area contributed by atoms with Crippen molar-refractivity contribution in [1.29, 1.82) is 0 Å². The van der Waals surface area contributed by atoms with E-state index < -0.39 is 23.0 Å². The highest BCUT2D eigenvalue weighted by atomic mass is 16.4. The number of carbonyl (C=O) groups excluding carboxylic acids is 2. The molecule has 2 aliphatic heterocycles. The number of nitrogens with zero attached hydrogens (tertiary/aromatic N) is 4. The number of fused-ring (bicyclic) bond motifs is 1. The molecule has 2 atom stereocenters. The Labute approximate surface area is 143 Å². The molecule has 1 aromatic rings. The maximum absolute atomic E-state index is 12.5. The van der Waals surface area contributed by atoms with Crippen LogP contribution in [0, 0.1) is 11.3 Å². The third kappa shape index (κ3) is 2.79. The summed E-state index contributed by atoms with van der Waals surface area (Å²) in [7, 11) is 0. The largest absolute Gasteiger partial charge is 0.481 e. The summed E-state index contributed by atoms with van der Waals surface area (Å²) in [5.41, 5.74) is -1.81. The maximum atomic E-state index is 12.5. The molecule has 0 unspecified atom stereocenters. The lowest BCUT2D eigenvalue weighted by Crippen LogP contribution is -2.43. The number of aliphatic carboxylic acids is 1. The van der Waals surface area contributed by atoms with E-state index in [0.717, 1.165) is 11.0 Å². The second-order valence-corrected chi connectivity index (χ2v) is 6.58. The molecule has 2 amide bonds. The smallest absolute Gasteiger partial charge is 0.347 e. The molecule has 9 heteroatoms. The van der Waals surface area contributed by atoms with Crippen LogP contribution in [-0.4, -0.2) is 68.4 Å². The summed E-state index contributed by atoms with van der Waals surface area (Å²) < 4.78 is 1.16. The summed E-state index contributed by atoms with van der Waals surface area (Å²) in [5, 5.41) is 9.73. The molecule has 25 heavy (non-hydrogen) atoms. The number of aromatic nitrogens is 2. The van der Waals surface area contributed by atoms with Gasteiger partial charge in [-0.1, -0.05) is 6.92 Å². The quantitative estimate of drug-likeness (QED) is 0.732. The number of carboxylic acid groups (broad SMARTS) is 1. The molecule has 0 radical (unpaired) electrons. The van der Waals surface area contributed by atoms with Gasteiger partial charge >= 0.3 is 11.7 Å². The normalized spacial score (nSPS) is 25.3. The van der Waals surface area contributed by atoms with E-state index in [-0.39, 0.29) is 38.0 Å². The number of amides is 2. The molecule has 3 heterocycles. The van der Waals surface area contributed by atoms with Crippen molar-refractivity contribution in [3.8, 4) is 0 Å². The molecule has 134 valence electrons. The Bertz CT molecular complexity index is 776. The zero-order valence-electron chi connectivity index (χ0n) is 13.9. The molecule has 0 aliphatic carbocycles. The fraction of sp³-hybridized carbons (Fsp3) is 0.562. The predicted molar refractivity (Wildman–Crippen MR) is 85.5 cm³/mol. The monoisotopic (exact) mass is 348 g/mol. The Morgan fingerprint density at radius 1 is 1.36 bits per heavy atom. The van der Waals surface area contributed by atoms with Crippen molar-refractivity contribution in [1.82, 2.24) is 19.4 Å². The maximum Gasteiger partial charge on any atom is 0.347 e. The molecule has 0 bridgehead atoms. The average molecular weight is 348 g/mol. The highest BCUT2D eigenvalue weighted by Crippen LogP contribution is 2.43. The molecule has 0 aromatic carbocycles. The summed E-state index contributed by atoms with van der Waals surface area (Å²) in [6.07, 6.45) is 3.54. The molecule has 9 nitrogen and oxygen atoms in total. The number of rotatable bonds is 5. The summed E-state index contributed by atoms with van der Waals surface area (Å²) in [6.45, 7) is 2.39. The molecule has 2 saturated heterocycles. The number of carbonyl (C=O) groups is 3. The first-order chi connectivity index (χ1) is 11.9. The molecular formula is C16H20N4O5. The van der Waals surface area contributed by atoms with Crippen LogP contribution in [0.5, 0.6) is 0 Å². The molecule has 3 rings (SSSR count). The SMILES string of the molecule is CCCN1C[C@@]2(C(=O)O)CN(C(=O)Cn3cccnc3=O)C[C@H]2C1=O. The van der Waals surface area contributed by atoms with Crippen molar-refractivity contribution >= 4 is 17.8 Å². The van der Waals surface area contributed by atoms with E-state index >= 15 is 0 Å². The number of hydrogen-bond donors (Lipinski definition) is 1. The van der Waals surface area contributed by atoms with Crippen molar-refractivity contribution < 1.29 is 19.5 Å². The fourth-order valence-corrected chi connectivity index (χ4v) is 3.71. The van der Waals surface area contributed by atoms with E-state index in [1.54, 1.807) is 4.90 Å². The van der Waals surface area contributed by atoms with Gasteiger partial charge in [-0.05, 0) is 12.5 Å². The summed E-state index contributed by atoms with van der Waals surface area (Å²) in [4.78, 5) is 55.1. The van der Waals surface area contributed by atoms with Crippen LogP contribution in [0.25, 0.3) is 0 Å². The van der Waals surface area contributed by atoms with Gasteiger partial charge in [0.2, 0.25) is 11.8 Å². The van der Waals surface area contributed by atoms with E-state index in [2.05, 4.69) is 4.98 Å². The van der Waals surface area contributed by atoms with Gasteiger partial charge in [-0.25, -0.2) is 9.78 Å². The Balaban J connectivity index is 1.79. The lowest BCUT2D eigenvalue weighted by Gasteiger charge is -2.25. The zero-order chi connectivity index (χ0) is 18.2. The lowest BCUT2D eigenvalue weighted by atomic mass is 9.81. The van der Waals surface area contributed by atoms with Crippen LogP contribution in [0.2, 0.25) is 0 Å². The van der Waals surface area contributed by atoms with Gasteiger partial charge in [-0.3, -0.25) is 19.0 Å². The fourth-order valence-electron chi connectivity index (χ4n) is 3.71. The first kappa shape index (κ1) is 17.1. The van der Waals surface area contributed by atoms with Crippen molar-refractivity contribution in [2.24, 2.45) is 11.3 Å². The van der Waals surface area contributed by atoms with Gasteiger partial charge in [0, 0.05) is 38.6 Å². The number of hydrogen-bond acceptors (Lipinski definition) is 5. The molecular weight excluding hydrogens is 328 g/mol. The van der Waals surface area contributed by atoms with Gasteiger partial charge in [-0.15, -0.1) is 0 Å². The number of likely N-dealkylation sites (tertiary alicyclic amines) is 2. The Morgan fingerprint density at radius 3 is 2.72 bits per heavy atom. The topological polar surface area (TPSA) is 113 Å². The predicted octanol–water partition coefficient (Wildman–Crippen LogP) is -0.975. The van der Waals surface area contributed by atoms with Crippen LogP contribution >= 0.6 is 0 Å². The standard InChI is InChI=1S/C16H20N4O5/c1-2-5-19-9-16(14(23)24)10-20(7-11(16)13(19)22)12(21)8-18-6-3-4-17-15(18)25/h3-4,6,11H,2,5,7-10H2,1H3,(H,23,24)/t11-,16+/m0/s1. The van der Waals surface area contributed by atoms with Gasteiger partial charge in [0.05, 0.1) is 5.92 Å². The third-order valence-electron chi connectivity index (χ3n) is 4.99. The second kappa shape index (κ2) is 6.30. The van der Waals surface area contributed by atoms with E-state index in [1.165, 1.54) is 23.4 Å². The molecule has 1 aromatic heterocycles. The minimum absolute atomic E-state index is 0.0210. The highest BCUT2D eigenvalue weighted by Gasteiger charge is 2.62. The first-order valence-electron chi connectivity index (χ1n) is 8.20. The Kier molecular flexibility index (Phi) is 4.32. The number of carboxylic acids is 1. The van der Waals surface area contributed by atoms with Crippen molar-refractivity contribution in [3.05, 3.63) is 28.9 Å². The van der Waals surface area contributed by atoms with E-state index in [9.17, 15) is 24.3 Å². The first-order valence-corrected chi connectivity index (χ1v) is 8.20. The Hall–Kier alpha value is -2.71. The average Bonchev–Trinajstić information content (AvgIpc) is 3.07. The molecule has 0 spiro atoms. The van der Waals surface area contributed by atoms with Crippen molar-refractivity contribution in [2.75, 3.05) is 26.2 Å². The van der Waals surface area contributed by atoms with Crippen LogP contribution in [0.4, 0.5) is 0 Å². The second-order valence-electron chi connectivity index (χ2n) is 6.58. The van der Waals surface area contributed by atoms with Crippen LogP contribution < -0.4 is 5.69 Å². The minimum Gasteiger partial charge on any atom is -0.481 e. The van der Waals surface area contributed by atoms with Crippen LogP contribution in [0.15, 0.2) is 23.3 Å². The lowest BCUT2D eigenvalue weighted by molar-refractivity contribution is -0.150. The molecule has 2 aliphatic rings. The molecule has 1 N–H and O–H groups in total. The van der Waals surface area contributed by atoms with Crippen LogP contribution in [-0.2, 0) is 20.9 Å². The minimum atomic E-state index is -1.26.